The van der Waals surface area contributed by atoms with Crippen LogP contribution in [-0.2, 0) is 0 Å². The normalized spacial score (nSPS) is 9.64. The largest absolute Gasteiger partial charge is 0.287 e. The van der Waals surface area contributed by atoms with Gasteiger partial charge in [-0.2, -0.15) is 0 Å². The van der Waals surface area contributed by atoms with E-state index in [2.05, 4.69) is 15.8 Å². The highest BCUT2D eigenvalue weighted by molar-refractivity contribution is 7.12. The summed E-state index contributed by atoms with van der Waals surface area (Å²) in [5.41, 5.74) is 6.41. The summed E-state index contributed by atoms with van der Waals surface area (Å²) in [4.78, 5) is 15.2. The maximum atomic E-state index is 11.0. The molecule has 0 unspecified atom stereocenters. The number of hydrazine groups is 1. The van der Waals surface area contributed by atoms with E-state index < -0.39 is 0 Å². The molecule has 6 heteroatoms. The van der Waals surface area contributed by atoms with Crippen LogP contribution in [0.15, 0.2) is 5.51 Å². The fourth-order valence-corrected chi connectivity index (χ4v) is 1.45. The Balaban J connectivity index is 2.76. The van der Waals surface area contributed by atoms with Crippen LogP contribution in [0.5, 0.6) is 0 Å². The minimum absolute atomic E-state index is 0.239. The number of nitrogens with one attached hydrogen (secondary N) is 2. The zero-order valence-electron chi connectivity index (χ0n) is 5.72. The molecule has 1 amide bonds. The molecular weight excluding hydrogens is 186 g/mol. The second-order valence-electron chi connectivity index (χ2n) is 1.68. The Labute approximate surface area is 72.6 Å². The first-order chi connectivity index (χ1) is 5.25. The van der Waals surface area contributed by atoms with Gasteiger partial charge in [-0.1, -0.05) is 11.6 Å². The van der Waals surface area contributed by atoms with E-state index in [4.69, 9.17) is 11.6 Å². The molecule has 1 heterocycles. The average Bonchev–Trinajstić information content (AvgIpc) is 2.36. The van der Waals surface area contributed by atoms with E-state index in [1.807, 2.05) is 0 Å². The lowest BCUT2D eigenvalue weighted by molar-refractivity contribution is 0.0942. The van der Waals surface area contributed by atoms with Crippen molar-refractivity contribution in [3.63, 3.8) is 0 Å². The van der Waals surface area contributed by atoms with Crippen molar-refractivity contribution in [2.45, 2.75) is 0 Å². The van der Waals surface area contributed by atoms with Crippen molar-refractivity contribution >= 4 is 28.8 Å². The summed E-state index contributed by atoms with van der Waals surface area (Å²) in [6.45, 7) is 0. The Morgan fingerprint density at radius 2 is 2.55 bits per heavy atom. The van der Waals surface area contributed by atoms with E-state index in [0.717, 1.165) is 0 Å². The molecule has 4 nitrogen and oxygen atoms in total. The van der Waals surface area contributed by atoms with Crippen LogP contribution in [0, 0.1) is 0 Å². The summed E-state index contributed by atoms with van der Waals surface area (Å²) in [6, 6.07) is 0. The van der Waals surface area contributed by atoms with Gasteiger partial charge >= 0.3 is 0 Å². The summed E-state index contributed by atoms with van der Waals surface area (Å²) in [7, 11) is 1.60. The molecule has 0 saturated heterocycles. The number of halogens is 1. The molecule has 0 radical (unpaired) electrons. The van der Waals surface area contributed by atoms with Gasteiger partial charge in [0.2, 0.25) is 0 Å². The van der Waals surface area contributed by atoms with Crippen molar-refractivity contribution in [3.8, 4) is 0 Å². The number of aromatic nitrogens is 1. The molecule has 0 fully saturated rings. The monoisotopic (exact) mass is 191 g/mol. The van der Waals surface area contributed by atoms with Crippen LogP contribution in [0.4, 0.5) is 0 Å². The number of nitrogens with zero attached hydrogens (tertiary/aromatic N) is 1. The Bertz CT molecular complexity index is 262. The van der Waals surface area contributed by atoms with E-state index >= 15 is 0 Å². The van der Waals surface area contributed by atoms with Gasteiger partial charge in [0.05, 0.1) is 5.51 Å². The fourth-order valence-electron chi connectivity index (χ4n) is 0.550. The van der Waals surface area contributed by atoms with E-state index in [1.54, 1.807) is 7.05 Å². The maximum absolute atomic E-state index is 11.0. The third-order valence-corrected chi connectivity index (χ3v) is 2.19. The van der Waals surface area contributed by atoms with Crippen molar-refractivity contribution in [2.24, 2.45) is 0 Å². The first-order valence-corrected chi connectivity index (χ1v) is 4.07. The smallest absolute Gasteiger partial charge is 0.278 e. The maximum Gasteiger partial charge on any atom is 0.278 e. The lowest BCUT2D eigenvalue weighted by Gasteiger charge is -1.98. The summed E-state index contributed by atoms with van der Waals surface area (Å²) < 4.78 is 0. The summed E-state index contributed by atoms with van der Waals surface area (Å²) in [6.07, 6.45) is 0. The van der Waals surface area contributed by atoms with Gasteiger partial charge < -0.3 is 0 Å². The topological polar surface area (TPSA) is 54.0 Å². The van der Waals surface area contributed by atoms with Crippen LogP contribution in [0.2, 0.25) is 5.15 Å². The van der Waals surface area contributed by atoms with E-state index in [9.17, 15) is 4.79 Å². The third kappa shape index (κ3) is 1.89. The molecule has 2 N–H and O–H groups in total. The second-order valence-corrected chi connectivity index (χ2v) is 2.89. The third-order valence-electron chi connectivity index (χ3n) is 0.969. The van der Waals surface area contributed by atoms with E-state index in [1.165, 1.54) is 16.8 Å². The minimum atomic E-state index is -0.264. The van der Waals surface area contributed by atoms with E-state index in [-0.39, 0.29) is 11.1 Å². The van der Waals surface area contributed by atoms with Crippen molar-refractivity contribution < 1.29 is 4.79 Å². The molecule has 0 aliphatic carbocycles. The number of amides is 1. The highest BCUT2D eigenvalue weighted by Gasteiger charge is 2.11. The van der Waals surface area contributed by atoms with Gasteiger partial charge in [0.15, 0.2) is 5.15 Å². The molecule has 0 atom stereocenters. The molecular formula is C5H6ClN3OS. The molecule has 0 aliphatic heterocycles. The SMILES string of the molecule is CNNC(=O)c1scnc1Cl. The van der Waals surface area contributed by atoms with Crippen LogP contribution >= 0.6 is 22.9 Å². The van der Waals surface area contributed by atoms with Crippen molar-refractivity contribution in [1.82, 2.24) is 15.8 Å². The summed E-state index contributed by atoms with van der Waals surface area (Å²) >= 11 is 6.78. The van der Waals surface area contributed by atoms with E-state index in [0.29, 0.717) is 4.88 Å². The lowest BCUT2D eigenvalue weighted by atomic mass is 10.5. The molecule has 0 spiro atoms. The minimum Gasteiger partial charge on any atom is -0.287 e. The van der Waals surface area contributed by atoms with Gasteiger partial charge in [0.25, 0.3) is 5.91 Å². The van der Waals surface area contributed by atoms with Crippen molar-refractivity contribution in [3.05, 3.63) is 15.5 Å². The Hall–Kier alpha value is -0.650. The molecule has 0 saturated carbocycles. The number of carbonyl (C=O) groups is 1. The zero-order chi connectivity index (χ0) is 8.27. The van der Waals surface area contributed by atoms with Crippen LogP contribution in [0.1, 0.15) is 9.67 Å². The van der Waals surface area contributed by atoms with Gasteiger partial charge in [0.1, 0.15) is 4.88 Å². The Morgan fingerprint density at radius 3 is 3.00 bits per heavy atom. The highest BCUT2D eigenvalue weighted by atomic mass is 35.5. The molecule has 0 aromatic carbocycles. The zero-order valence-corrected chi connectivity index (χ0v) is 7.29. The van der Waals surface area contributed by atoms with Crippen LogP contribution < -0.4 is 10.9 Å². The predicted octanol–water partition coefficient (Wildman–Crippen LogP) is 0.661. The van der Waals surface area contributed by atoms with Gasteiger partial charge in [-0.25, -0.2) is 10.4 Å². The molecule has 0 aliphatic rings. The van der Waals surface area contributed by atoms with Gasteiger partial charge in [-0.15, -0.1) is 11.3 Å². The van der Waals surface area contributed by atoms with Gasteiger partial charge in [-0.3, -0.25) is 10.2 Å². The van der Waals surface area contributed by atoms with Crippen LogP contribution in [-0.4, -0.2) is 17.9 Å². The van der Waals surface area contributed by atoms with Crippen molar-refractivity contribution in [2.75, 3.05) is 7.05 Å². The number of hydrogen-bond acceptors (Lipinski definition) is 4. The first-order valence-electron chi connectivity index (χ1n) is 2.81. The Morgan fingerprint density at radius 1 is 1.82 bits per heavy atom. The molecule has 11 heavy (non-hydrogen) atoms. The molecule has 1 aromatic heterocycles. The summed E-state index contributed by atoms with van der Waals surface area (Å²) in [5, 5.41) is 0.239. The molecule has 60 valence electrons. The highest BCUT2D eigenvalue weighted by Crippen LogP contribution is 2.17. The fraction of sp³-hybridized carbons (Fsp3) is 0.200. The number of thiazole rings is 1. The first kappa shape index (κ1) is 8.45. The summed E-state index contributed by atoms with van der Waals surface area (Å²) in [5.74, 6) is -0.264. The standard InChI is InChI=1S/C5H6ClN3OS/c1-7-9-5(10)3-4(6)8-2-11-3/h2,7H,1H3,(H,9,10). The second kappa shape index (κ2) is 3.66. The van der Waals surface area contributed by atoms with Crippen LogP contribution in [0.25, 0.3) is 0 Å². The number of carbonyl (C=O) groups excluding carboxylic acids is 1. The van der Waals surface area contributed by atoms with Gasteiger partial charge in [-0.05, 0) is 0 Å². The van der Waals surface area contributed by atoms with Gasteiger partial charge in [0, 0.05) is 7.05 Å². The molecule has 0 bridgehead atoms. The molecule has 1 rings (SSSR count). The molecule has 1 aromatic rings. The lowest BCUT2D eigenvalue weighted by Crippen LogP contribution is -2.33. The number of rotatable bonds is 2. The number of hydrogen-bond donors (Lipinski definition) is 2. The van der Waals surface area contributed by atoms with Crippen LogP contribution in [0.3, 0.4) is 0 Å². The predicted molar refractivity (Wildman–Crippen MR) is 43.6 cm³/mol. The Kier molecular flexibility index (Phi) is 2.81. The van der Waals surface area contributed by atoms with Crippen molar-refractivity contribution in [1.29, 1.82) is 0 Å². The average molecular weight is 192 g/mol. The quantitative estimate of drug-likeness (QED) is 0.676.